The Morgan fingerprint density at radius 2 is 2.00 bits per heavy atom. The molecule has 0 bridgehead atoms. The zero-order chi connectivity index (χ0) is 9.15. The first-order valence-corrected chi connectivity index (χ1v) is 5.60. The van der Waals surface area contributed by atoms with E-state index in [9.17, 15) is 0 Å². The molecule has 1 atom stereocenters. The Labute approximate surface area is 80.6 Å². The highest BCUT2D eigenvalue weighted by Crippen LogP contribution is 2.34. The highest BCUT2D eigenvalue weighted by atomic mass is 16.6. The summed E-state index contributed by atoms with van der Waals surface area (Å²) in [7, 11) is 0. The quantitative estimate of drug-likeness (QED) is 0.626. The van der Waals surface area contributed by atoms with E-state index in [1.165, 1.54) is 38.5 Å². The molecule has 1 heterocycles. The first-order valence-electron chi connectivity index (χ1n) is 5.60. The first kappa shape index (κ1) is 9.47. The lowest BCUT2D eigenvalue weighted by Crippen LogP contribution is -2.35. The van der Waals surface area contributed by atoms with Gasteiger partial charge in [0.1, 0.15) is 6.10 Å². The molecule has 0 amide bonds. The second-order valence-corrected chi connectivity index (χ2v) is 4.36. The minimum absolute atomic E-state index is 0.212. The van der Waals surface area contributed by atoms with E-state index in [4.69, 9.17) is 9.47 Å². The molecule has 1 saturated heterocycles. The van der Waals surface area contributed by atoms with Gasteiger partial charge < -0.3 is 9.47 Å². The van der Waals surface area contributed by atoms with Crippen molar-refractivity contribution in [3.05, 3.63) is 0 Å². The monoisotopic (exact) mass is 184 g/mol. The van der Waals surface area contributed by atoms with E-state index >= 15 is 0 Å². The summed E-state index contributed by atoms with van der Waals surface area (Å²) < 4.78 is 11.2. The molecular weight excluding hydrogens is 164 g/mol. The van der Waals surface area contributed by atoms with Crippen molar-refractivity contribution in [3.63, 3.8) is 0 Å². The molecule has 0 spiro atoms. The first-order chi connectivity index (χ1) is 6.35. The van der Waals surface area contributed by atoms with E-state index in [-0.39, 0.29) is 5.60 Å². The predicted molar refractivity (Wildman–Crippen MR) is 51.8 cm³/mol. The fourth-order valence-electron chi connectivity index (χ4n) is 2.23. The molecule has 0 radical (unpaired) electrons. The van der Waals surface area contributed by atoms with E-state index in [0.29, 0.717) is 6.10 Å². The van der Waals surface area contributed by atoms with Crippen LogP contribution in [0.3, 0.4) is 0 Å². The standard InChI is InChI=1S/C11H20O2/c1-2-11(6-4-3-5-7-11)13-9-10-8-12-10/h10H,2-9H2,1H3. The molecule has 1 aliphatic heterocycles. The average Bonchev–Trinajstić information content (AvgIpc) is 3.00. The number of ether oxygens (including phenoxy) is 2. The lowest BCUT2D eigenvalue weighted by molar-refractivity contribution is -0.0771. The van der Waals surface area contributed by atoms with Crippen molar-refractivity contribution < 1.29 is 9.47 Å². The van der Waals surface area contributed by atoms with Gasteiger partial charge in [0.2, 0.25) is 0 Å². The van der Waals surface area contributed by atoms with Gasteiger partial charge in [0.15, 0.2) is 0 Å². The number of hydrogen-bond acceptors (Lipinski definition) is 2. The van der Waals surface area contributed by atoms with Crippen molar-refractivity contribution in [2.45, 2.75) is 57.2 Å². The summed E-state index contributed by atoms with van der Waals surface area (Å²) in [6, 6.07) is 0. The molecular formula is C11H20O2. The predicted octanol–water partition coefficient (Wildman–Crippen LogP) is 2.51. The third kappa shape index (κ3) is 2.44. The topological polar surface area (TPSA) is 21.8 Å². The van der Waals surface area contributed by atoms with Gasteiger partial charge in [0.05, 0.1) is 18.8 Å². The maximum absolute atomic E-state index is 6.02. The van der Waals surface area contributed by atoms with Crippen LogP contribution in [0.2, 0.25) is 0 Å². The van der Waals surface area contributed by atoms with Gasteiger partial charge >= 0.3 is 0 Å². The molecule has 0 aromatic rings. The summed E-state index contributed by atoms with van der Waals surface area (Å²) in [4.78, 5) is 0. The smallest absolute Gasteiger partial charge is 0.104 e. The molecule has 0 aromatic carbocycles. The van der Waals surface area contributed by atoms with Crippen LogP contribution >= 0.6 is 0 Å². The van der Waals surface area contributed by atoms with E-state index in [1.807, 2.05) is 0 Å². The lowest BCUT2D eigenvalue weighted by Gasteiger charge is -2.36. The SMILES string of the molecule is CCC1(OCC2CO2)CCCCC1. The summed E-state index contributed by atoms with van der Waals surface area (Å²) >= 11 is 0. The Balaban J connectivity index is 1.80. The third-order valence-electron chi connectivity index (χ3n) is 3.39. The normalized spacial score (nSPS) is 31.6. The number of epoxide rings is 1. The van der Waals surface area contributed by atoms with Crippen molar-refractivity contribution in [3.8, 4) is 0 Å². The van der Waals surface area contributed by atoms with Gasteiger partial charge in [0.25, 0.3) is 0 Å². The molecule has 76 valence electrons. The summed E-state index contributed by atoms with van der Waals surface area (Å²) in [5.74, 6) is 0. The largest absolute Gasteiger partial charge is 0.372 e. The van der Waals surface area contributed by atoms with E-state index in [1.54, 1.807) is 0 Å². The van der Waals surface area contributed by atoms with Gasteiger partial charge in [0, 0.05) is 0 Å². The molecule has 2 aliphatic rings. The van der Waals surface area contributed by atoms with Gasteiger partial charge in [-0.1, -0.05) is 26.2 Å². The van der Waals surface area contributed by atoms with Crippen molar-refractivity contribution in [1.82, 2.24) is 0 Å². The van der Waals surface area contributed by atoms with E-state index in [2.05, 4.69) is 6.92 Å². The van der Waals surface area contributed by atoms with Crippen LogP contribution in [0, 0.1) is 0 Å². The Hall–Kier alpha value is -0.0800. The van der Waals surface area contributed by atoms with Crippen LogP contribution < -0.4 is 0 Å². The molecule has 2 fully saturated rings. The number of rotatable bonds is 4. The van der Waals surface area contributed by atoms with E-state index < -0.39 is 0 Å². The average molecular weight is 184 g/mol. The molecule has 2 rings (SSSR count). The van der Waals surface area contributed by atoms with Crippen LogP contribution in [-0.4, -0.2) is 24.9 Å². The minimum Gasteiger partial charge on any atom is -0.372 e. The van der Waals surface area contributed by atoms with Crippen molar-refractivity contribution >= 4 is 0 Å². The van der Waals surface area contributed by atoms with Gasteiger partial charge in [-0.05, 0) is 19.3 Å². The van der Waals surface area contributed by atoms with Crippen molar-refractivity contribution in [2.75, 3.05) is 13.2 Å². The van der Waals surface area contributed by atoms with Crippen LogP contribution in [-0.2, 0) is 9.47 Å². The van der Waals surface area contributed by atoms with Crippen molar-refractivity contribution in [1.29, 1.82) is 0 Å². The van der Waals surface area contributed by atoms with Gasteiger partial charge in [-0.2, -0.15) is 0 Å². The second-order valence-electron chi connectivity index (χ2n) is 4.36. The molecule has 1 aliphatic carbocycles. The zero-order valence-corrected chi connectivity index (χ0v) is 8.55. The molecule has 2 heteroatoms. The highest BCUT2D eigenvalue weighted by Gasteiger charge is 2.33. The van der Waals surface area contributed by atoms with Crippen LogP contribution in [0.4, 0.5) is 0 Å². The summed E-state index contributed by atoms with van der Waals surface area (Å²) in [6.07, 6.45) is 8.20. The molecule has 2 nitrogen and oxygen atoms in total. The fourth-order valence-corrected chi connectivity index (χ4v) is 2.23. The number of hydrogen-bond donors (Lipinski definition) is 0. The van der Waals surface area contributed by atoms with Crippen LogP contribution in [0.1, 0.15) is 45.4 Å². The third-order valence-corrected chi connectivity index (χ3v) is 3.39. The van der Waals surface area contributed by atoms with Gasteiger partial charge in [-0.3, -0.25) is 0 Å². The Morgan fingerprint density at radius 1 is 1.31 bits per heavy atom. The zero-order valence-electron chi connectivity index (χ0n) is 8.55. The fraction of sp³-hybridized carbons (Fsp3) is 1.00. The Kier molecular flexibility index (Phi) is 2.89. The Bertz CT molecular complexity index is 157. The van der Waals surface area contributed by atoms with Crippen LogP contribution in [0.15, 0.2) is 0 Å². The summed E-state index contributed by atoms with van der Waals surface area (Å²) in [5.41, 5.74) is 0.212. The molecule has 0 aromatic heterocycles. The molecule has 0 N–H and O–H groups in total. The summed E-state index contributed by atoms with van der Waals surface area (Å²) in [5, 5.41) is 0. The van der Waals surface area contributed by atoms with Crippen LogP contribution in [0.5, 0.6) is 0 Å². The molecule has 1 saturated carbocycles. The summed E-state index contributed by atoms with van der Waals surface area (Å²) in [6.45, 7) is 3.99. The minimum atomic E-state index is 0.212. The molecule has 13 heavy (non-hydrogen) atoms. The van der Waals surface area contributed by atoms with E-state index in [0.717, 1.165) is 13.2 Å². The maximum Gasteiger partial charge on any atom is 0.104 e. The van der Waals surface area contributed by atoms with Gasteiger partial charge in [-0.25, -0.2) is 0 Å². The maximum atomic E-state index is 6.02. The van der Waals surface area contributed by atoms with Crippen molar-refractivity contribution in [2.24, 2.45) is 0 Å². The van der Waals surface area contributed by atoms with Gasteiger partial charge in [-0.15, -0.1) is 0 Å². The van der Waals surface area contributed by atoms with Crippen LogP contribution in [0.25, 0.3) is 0 Å². The highest BCUT2D eigenvalue weighted by molar-refractivity contribution is 4.84. The second kappa shape index (κ2) is 3.97. The Morgan fingerprint density at radius 3 is 2.54 bits per heavy atom. The lowest BCUT2D eigenvalue weighted by atomic mass is 9.83. The molecule has 1 unspecified atom stereocenters.